The second-order valence-corrected chi connectivity index (χ2v) is 11.0. The number of urea groups is 1. The molecule has 3 N–H and O–H groups in total. The predicted molar refractivity (Wildman–Crippen MR) is 134 cm³/mol. The zero-order chi connectivity index (χ0) is 23.9. The first-order chi connectivity index (χ1) is 17.0. The van der Waals surface area contributed by atoms with Gasteiger partial charge in [0.05, 0.1) is 6.04 Å². The SMILES string of the molecule is Cc1cc(C2NNC3CC4NC(=O)N([C@@H]5CCCN(Cc6cccnc6C)C5)CC4CC32)ccn1. The van der Waals surface area contributed by atoms with Gasteiger partial charge in [0.2, 0.25) is 0 Å². The van der Waals surface area contributed by atoms with Crippen LogP contribution in [0.25, 0.3) is 0 Å². The van der Waals surface area contributed by atoms with E-state index in [-0.39, 0.29) is 18.1 Å². The molecule has 0 radical (unpaired) electrons. The molecule has 2 aromatic rings. The minimum atomic E-state index is 0.126. The Morgan fingerprint density at radius 2 is 1.97 bits per heavy atom. The maximum atomic E-state index is 13.2. The van der Waals surface area contributed by atoms with Gasteiger partial charge in [-0.1, -0.05) is 6.07 Å². The summed E-state index contributed by atoms with van der Waals surface area (Å²) in [7, 11) is 0. The van der Waals surface area contributed by atoms with Gasteiger partial charge in [0.15, 0.2) is 0 Å². The van der Waals surface area contributed by atoms with E-state index in [1.54, 1.807) is 0 Å². The summed E-state index contributed by atoms with van der Waals surface area (Å²) in [6.45, 7) is 7.93. The van der Waals surface area contributed by atoms with E-state index in [1.807, 2.05) is 18.5 Å². The van der Waals surface area contributed by atoms with Gasteiger partial charge in [-0.05, 0) is 87.2 Å². The van der Waals surface area contributed by atoms with Crippen LogP contribution in [-0.4, -0.2) is 63.6 Å². The maximum absolute atomic E-state index is 13.2. The summed E-state index contributed by atoms with van der Waals surface area (Å²) >= 11 is 0. The highest BCUT2D eigenvalue weighted by Gasteiger charge is 2.48. The van der Waals surface area contributed by atoms with Gasteiger partial charge in [0.25, 0.3) is 0 Å². The maximum Gasteiger partial charge on any atom is 0.317 e. The number of fused-ring (bicyclic) bond motifs is 2. The van der Waals surface area contributed by atoms with Crippen LogP contribution in [0.5, 0.6) is 0 Å². The molecule has 3 saturated heterocycles. The summed E-state index contributed by atoms with van der Waals surface area (Å²) in [5.41, 5.74) is 11.8. The molecule has 5 unspecified atom stereocenters. The van der Waals surface area contributed by atoms with Crippen molar-refractivity contribution in [2.45, 2.75) is 70.2 Å². The van der Waals surface area contributed by atoms with Crippen molar-refractivity contribution < 1.29 is 4.79 Å². The number of nitrogens with one attached hydrogen (secondary N) is 3. The minimum Gasteiger partial charge on any atom is -0.335 e. The fourth-order valence-corrected chi connectivity index (χ4v) is 6.87. The van der Waals surface area contributed by atoms with E-state index in [4.69, 9.17) is 0 Å². The summed E-state index contributed by atoms with van der Waals surface area (Å²) < 4.78 is 0. The van der Waals surface area contributed by atoms with Gasteiger partial charge < -0.3 is 10.2 Å². The molecule has 8 nitrogen and oxygen atoms in total. The molecule has 35 heavy (non-hydrogen) atoms. The molecular formula is C27H37N7O. The van der Waals surface area contributed by atoms with Crippen molar-refractivity contribution in [1.29, 1.82) is 0 Å². The monoisotopic (exact) mass is 475 g/mol. The highest BCUT2D eigenvalue weighted by atomic mass is 16.2. The van der Waals surface area contributed by atoms with Gasteiger partial charge in [0.1, 0.15) is 0 Å². The quantitative estimate of drug-likeness (QED) is 0.631. The van der Waals surface area contributed by atoms with Crippen molar-refractivity contribution in [2.24, 2.45) is 11.8 Å². The number of pyridine rings is 2. The highest BCUT2D eigenvalue weighted by Crippen LogP contribution is 2.42. The molecular weight excluding hydrogens is 438 g/mol. The van der Waals surface area contributed by atoms with Gasteiger partial charge in [-0.25, -0.2) is 10.2 Å². The van der Waals surface area contributed by atoms with Crippen LogP contribution >= 0.6 is 0 Å². The zero-order valence-electron chi connectivity index (χ0n) is 20.8. The molecule has 5 heterocycles. The van der Waals surface area contributed by atoms with Crippen molar-refractivity contribution in [3.63, 3.8) is 0 Å². The molecule has 0 bridgehead atoms. The number of aryl methyl sites for hydroxylation is 2. The molecule has 4 fully saturated rings. The molecule has 0 spiro atoms. The Hall–Kier alpha value is -2.55. The largest absolute Gasteiger partial charge is 0.335 e. The van der Waals surface area contributed by atoms with Crippen molar-refractivity contribution in [1.82, 2.24) is 35.9 Å². The third-order valence-corrected chi connectivity index (χ3v) is 8.73. The molecule has 8 heteroatoms. The lowest BCUT2D eigenvalue weighted by Crippen LogP contribution is -2.64. The van der Waals surface area contributed by atoms with Gasteiger partial charge in [-0.2, -0.15) is 0 Å². The molecule has 2 amide bonds. The normalized spacial score (nSPS) is 33.2. The summed E-state index contributed by atoms with van der Waals surface area (Å²) in [6, 6.07) is 9.86. The first-order valence-corrected chi connectivity index (χ1v) is 13.2. The molecule has 1 saturated carbocycles. The fraction of sp³-hybridized carbons (Fsp3) is 0.593. The Morgan fingerprint density at radius 1 is 1.06 bits per heavy atom. The molecule has 6 atom stereocenters. The van der Waals surface area contributed by atoms with E-state index >= 15 is 0 Å². The number of hydrazine groups is 1. The lowest BCUT2D eigenvalue weighted by atomic mass is 9.71. The lowest BCUT2D eigenvalue weighted by molar-refractivity contribution is 0.0522. The standard InChI is InChI=1S/C27H37N7O/c1-17-11-19(7-9-28-17)26-23-12-21-15-34(27(35)30-24(21)13-25(23)31-32-26)22-6-4-10-33(16-22)14-20-5-3-8-29-18(20)2/h3,5,7-9,11,21-26,31-32H,4,6,10,12-16H2,1-2H3,(H,30,35)/t21?,22-,23?,24?,25?,26?/m1/s1. The first kappa shape index (κ1) is 22.9. The summed E-state index contributed by atoms with van der Waals surface area (Å²) in [6.07, 6.45) is 8.08. The molecule has 6 rings (SSSR count). The highest BCUT2D eigenvalue weighted by molar-refractivity contribution is 5.76. The number of hydrogen-bond donors (Lipinski definition) is 3. The Morgan fingerprint density at radius 3 is 2.83 bits per heavy atom. The van der Waals surface area contributed by atoms with E-state index in [9.17, 15) is 4.79 Å². The Kier molecular flexibility index (Phi) is 6.20. The average Bonchev–Trinajstić information content (AvgIpc) is 3.26. The number of carbonyl (C=O) groups is 1. The number of nitrogens with zero attached hydrogens (tertiary/aromatic N) is 4. The third kappa shape index (κ3) is 4.55. The Labute approximate surface area is 207 Å². The number of carbonyl (C=O) groups excluding carboxylic acids is 1. The average molecular weight is 476 g/mol. The summed E-state index contributed by atoms with van der Waals surface area (Å²) in [5.74, 6) is 1.00. The first-order valence-electron chi connectivity index (χ1n) is 13.2. The molecule has 4 aliphatic rings. The number of hydrogen-bond acceptors (Lipinski definition) is 6. The van der Waals surface area contributed by atoms with Crippen LogP contribution in [0.1, 0.15) is 54.2 Å². The van der Waals surface area contributed by atoms with Gasteiger partial charge >= 0.3 is 6.03 Å². The van der Waals surface area contributed by atoms with E-state index in [1.165, 1.54) is 11.1 Å². The predicted octanol–water partition coefficient (Wildman–Crippen LogP) is 2.70. The lowest BCUT2D eigenvalue weighted by Gasteiger charge is -2.49. The number of piperidine rings is 1. The minimum absolute atomic E-state index is 0.126. The summed E-state index contributed by atoms with van der Waals surface area (Å²) in [5, 5.41) is 3.40. The van der Waals surface area contributed by atoms with Crippen LogP contribution < -0.4 is 16.2 Å². The second kappa shape index (κ2) is 9.48. The van der Waals surface area contributed by atoms with Crippen LogP contribution in [-0.2, 0) is 6.54 Å². The fourth-order valence-electron chi connectivity index (χ4n) is 6.87. The Balaban J connectivity index is 1.13. The van der Waals surface area contributed by atoms with Gasteiger partial charge in [0, 0.05) is 61.5 Å². The van der Waals surface area contributed by atoms with E-state index in [0.29, 0.717) is 23.9 Å². The van der Waals surface area contributed by atoms with Crippen LogP contribution in [0.2, 0.25) is 0 Å². The van der Waals surface area contributed by atoms with Crippen LogP contribution in [0.15, 0.2) is 36.7 Å². The van der Waals surface area contributed by atoms with Crippen molar-refractivity contribution in [3.05, 3.63) is 59.2 Å². The zero-order valence-corrected chi connectivity index (χ0v) is 20.8. The van der Waals surface area contributed by atoms with Crippen LogP contribution in [0, 0.1) is 25.7 Å². The number of rotatable bonds is 4. The molecule has 1 aliphatic carbocycles. The molecule has 2 aromatic heterocycles. The smallest absolute Gasteiger partial charge is 0.317 e. The number of amides is 2. The van der Waals surface area contributed by atoms with Gasteiger partial charge in [-0.3, -0.25) is 20.3 Å². The van der Waals surface area contributed by atoms with Crippen molar-refractivity contribution >= 4 is 6.03 Å². The van der Waals surface area contributed by atoms with E-state index in [2.05, 4.69) is 68.0 Å². The molecule has 3 aliphatic heterocycles. The van der Waals surface area contributed by atoms with E-state index in [0.717, 1.165) is 63.3 Å². The molecule has 186 valence electrons. The van der Waals surface area contributed by atoms with Crippen LogP contribution in [0.4, 0.5) is 4.79 Å². The molecule has 0 aromatic carbocycles. The number of likely N-dealkylation sites (tertiary alicyclic amines) is 1. The van der Waals surface area contributed by atoms with Crippen molar-refractivity contribution in [2.75, 3.05) is 19.6 Å². The van der Waals surface area contributed by atoms with Crippen LogP contribution in [0.3, 0.4) is 0 Å². The topological polar surface area (TPSA) is 85.4 Å². The summed E-state index contributed by atoms with van der Waals surface area (Å²) in [4.78, 5) is 26.7. The number of aromatic nitrogens is 2. The second-order valence-electron chi connectivity index (χ2n) is 11.0. The van der Waals surface area contributed by atoms with Gasteiger partial charge in [-0.15, -0.1) is 0 Å². The Bertz CT molecular complexity index is 1080. The van der Waals surface area contributed by atoms with E-state index < -0.39 is 0 Å². The van der Waals surface area contributed by atoms with Crippen molar-refractivity contribution in [3.8, 4) is 0 Å². The third-order valence-electron chi connectivity index (χ3n) is 8.73.